The van der Waals surface area contributed by atoms with Crippen LogP contribution in [0.25, 0.3) is 5.82 Å². The summed E-state index contributed by atoms with van der Waals surface area (Å²) in [5.74, 6) is 0.847. The van der Waals surface area contributed by atoms with Crippen LogP contribution in [0.4, 0.5) is 0 Å². The Morgan fingerprint density at radius 3 is 2.62 bits per heavy atom. The summed E-state index contributed by atoms with van der Waals surface area (Å²) in [6, 6.07) is 4.37. The summed E-state index contributed by atoms with van der Waals surface area (Å²) in [5, 5.41) is 7.40. The van der Waals surface area contributed by atoms with Crippen molar-refractivity contribution < 1.29 is 0 Å². The van der Waals surface area contributed by atoms with E-state index >= 15 is 0 Å². The lowest BCUT2D eigenvalue weighted by atomic mass is 10.1. The molecule has 16 heavy (non-hydrogen) atoms. The first kappa shape index (κ1) is 10.8. The third kappa shape index (κ3) is 2.12. The lowest BCUT2D eigenvalue weighted by molar-refractivity contribution is 0.648. The van der Waals surface area contributed by atoms with Gasteiger partial charge in [0.1, 0.15) is 0 Å². The minimum atomic E-state index is 0.320. The van der Waals surface area contributed by atoms with Crippen LogP contribution in [-0.2, 0) is 0 Å². The van der Waals surface area contributed by atoms with Gasteiger partial charge in [0.25, 0.3) is 0 Å². The van der Waals surface area contributed by atoms with E-state index < -0.39 is 0 Å². The number of nitrogens with zero attached hydrogens (tertiary/aromatic N) is 3. The molecule has 84 valence electrons. The minimum absolute atomic E-state index is 0.320. The molecule has 0 saturated heterocycles. The maximum Gasteiger partial charge on any atom is 0.153 e. The van der Waals surface area contributed by atoms with Crippen molar-refractivity contribution in [3.8, 4) is 5.82 Å². The Kier molecular flexibility index (Phi) is 3.01. The van der Waals surface area contributed by atoms with Crippen LogP contribution in [0.15, 0.2) is 30.7 Å². The molecule has 0 spiro atoms. The Labute approximate surface area is 95.3 Å². The highest BCUT2D eigenvalue weighted by atomic mass is 15.3. The smallest absolute Gasteiger partial charge is 0.153 e. The fourth-order valence-corrected chi connectivity index (χ4v) is 1.49. The van der Waals surface area contributed by atoms with E-state index in [0.717, 1.165) is 11.4 Å². The molecule has 0 aliphatic carbocycles. The fourth-order valence-electron chi connectivity index (χ4n) is 1.49. The predicted molar refractivity (Wildman–Crippen MR) is 63.6 cm³/mol. The molecule has 1 atom stereocenters. The van der Waals surface area contributed by atoms with Crippen molar-refractivity contribution >= 4 is 0 Å². The van der Waals surface area contributed by atoms with Crippen LogP contribution < -0.4 is 5.32 Å². The second kappa shape index (κ2) is 4.45. The van der Waals surface area contributed by atoms with Crippen LogP contribution in [0.1, 0.15) is 24.1 Å². The zero-order valence-electron chi connectivity index (χ0n) is 9.81. The molecule has 2 rings (SSSR count). The van der Waals surface area contributed by atoms with Gasteiger partial charge < -0.3 is 5.32 Å². The van der Waals surface area contributed by atoms with Gasteiger partial charge >= 0.3 is 0 Å². The molecule has 0 bridgehead atoms. The molecule has 0 aromatic carbocycles. The van der Waals surface area contributed by atoms with Gasteiger partial charge in [0.2, 0.25) is 0 Å². The molecule has 1 unspecified atom stereocenters. The van der Waals surface area contributed by atoms with E-state index in [1.165, 1.54) is 5.56 Å². The number of nitrogens with one attached hydrogen (secondary N) is 1. The van der Waals surface area contributed by atoms with Crippen molar-refractivity contribution in [2.75, 3.05) is 7.05 Å². The first-order valence-electron chi connectivity index (χ1n) is 5.35. The van der Waals surface area contributed by atoms with Gasteiger partial charge in [-0.05, 0) is 38.1 Å². The predicted octanol–water partition coefficient (Wildman–Crippen LogP) is 1.86. The molecule has 2 aromatic heterocycles. The topological polar surface area (TPSA) is 42.7 Å². The summed E-state index contributed by atoms with van der Waals surface area (Å²) in [5.41, 5.74) is 2.31. The van der Waals surface area contributed by atoms with Crippen molar-refractivity contribution in [3.63, 3.8) is 0 Å². The second-order valence-electron chi connectivity index (χ2n) is 3.92. The van der Waals surface area contributed by atoms with Gasteiger partial charge in [-0.1, -0.05) is 6.07 Å². The molecule has 0 fully saturated rings. The highest BCUT2D eigenvalue weighted by Crippen LogP contribution is 2.12. The summed E-state index contributed by atoms with van der Waals surface area (Å²) in [4.78, 5) is 4.39. The van der Waals surface area contributed by atoms with Crippen molar-refractivity contribution in [1.82, 2.24) is 20.1 Å². The molecule has 0 aliphatic heterocycles. The van der Waals surface area contributed by atoms with Crippen LogP contribution in [-0.4, -0.2) is 21.8 Å². The van der Waals surface area contributed by atoms with E-state index in [9.17, 15) is 0 Å². The molecule has 1 N–H and O–H groups in total. The van der Waals surface area contributed by atoms with Gasteiger partial charge in [-0.2, -0.15) is 5.10 Å². The third-order valence-electron chi connectivity index (χ3n) is 2.65. The molecule has 2 heterocycles. The van der Waals surface area contributed by atoms with Gasteiger partial charge in [0, 0.05) is 18.4 Å². The Morgan fingerprint density at radius 2 is 2.12 bits per heavy atom. The number of aryl methyl sites for hydroxylation is 1. The summed E-state index contributed by atoms with van der Waals surface area (Å²) in [6.07, 6.45) is 5.67. The van der Waals surface area contributed by atoms with E-state index in [-0.39, 0.29) is 0 Å². The molecule has 0 aliphatic rings. The minimum Gasteiger partial charge on any atom is -0.313 e. The van der Waals surface area contributed by atoms with E-state index in [4.69, 9.17) is 0 Å². The van der Waals surface area contributed by atoms with E-state index in [1.54, 1.807) is 4.68 Å². The van der Waals surface area contributed by atoms with Crippen LogP contribution in [0, 0.1) is 6.92 Å². The molecular formula is C12H16N4. The Morgan fingerprint density at radius 1 is 1.31 bits per heavy atom. The first-order chi connectivity index (χ1) is 7.70. The van der Waals surface area contributed by atoms with Gasteiger partial charge in [-0.15, -0.1) is 0 Å². The molecule has 0 saturated carbocycles. The summed E-state index contributed by atoms with van der Waals surface area (Å²) in [7, 11) is 1.94. The maximum atomic E-state index is 4.39. The first-order valence-corrected chi connectivity index (χ1v) is 5.35. The van der Waals surface area contributed by atoms with E-state index in [2.05, 4.69) is 28.4 Å². The average molecular weight is 216 g/mol. The van der Waals surface area contributed by atoms with E-state index in [0.29, 0.717) is 6.04 Å². The summed E-state index contributed by atoms with van der Waals surface area (Å²) in [6.45, 7) is 4.12. The monoisotopic (exact) mass is 216 g/mol. The highest BCUT2D eigenvalue weighted by molar-refractivity contribution is 5.26. The van der Waals surface area contributed by atoms with E-state index in [1.807, 2.05) is 38.6 Å². The zero-order chi connectivity index (χ0) is 11.5. The molecule has 4 heteroatoms. The van der Waals surface area contributed by atoms with Crippen LogP contribution in [0.5, 0.6) is 0 Å². The number of rotatable bonds is 3. The van der Waals surface area contributed by atoms with Crippen molar-refractivity contribution in [1.29, 1.82) is 0 Å². The zero-order valence-corrected chi connectivity index (χ0v) is 9.81. The Hall–Kier alpha value is -1.68. The third-order valence-corrected chi connectivity index (χ3v) is 2.65. The fraction of sp³-hybridized carbons (Fsp3) is 0.333. The number of aromatic nitrogens is 3. The molecule has 4 nitrogen and oxygen atoms in total. The van der Waals surface area contributed by atoms with Crippen LogP contribution in [0.3, 0.4) is 0 Å². The summed E-state index contributed by atoms with van der Waals surface area (Å²) < 4.78 is 1.78. The molecular weight excluding hydrogens is 200 g/mol. The van der Waals surface area contributed by atoms with Crippen LogP contribution >= 0.6 is 0 Å². The molecule has 0 radical (unpaired) electrons. The van der Waals surface area contributed by atoms with Crippen molar-refractivity contribution in [2.45, 2.75) is 19.9 Å². The quantitative estimate of drug-likeness (QED) is 0.851. The maximum absolute atomic E-state index is 4.39. The van der Waals surface area contributed by atoms with Crippen molar-refractivity contribution in [3.05, 3.63) is 41.9 Å². The van der Waals surface area contributed by atoms with Gasteiger partial charge in [0.15, 0.2) is 5.82 Å². The lowest BCUT2D eigenvalue weighted by Crippen LogP contribution is -2.12. The SMILES string of the molecule is CNC(C)c1ccc(-n2cc(C)cn2)nc1. The van der Waals surface area contributed by atoms with Gasteiger partial charge in [-0.3, -0.25) is 0 Å². The standard InChI is InChI=1S/C12H16N4/c1-9-6-15-16(8-9)12-5-4-11(7-14-12)10(2)13-3/h4-8,10,13H,1-3H3. The average Bonchev–Trinajstić information content (AvgIpc) is 2.75. The number of hydrogen-bond donors (Lipinski definition) is 1. The number of pyridine rings is 1. The Bertz CT molecular complexity index is 458. The normalized spacial score (nSPS) is 12.7. The second-order valence-corrected chi connectivity index (χ2v) is 3.92. The van der Waals surface area contributed by atoms with Gasteiger partial charge in [-0.25, -0.2) is 9.67 Å². The molecule has 0 amide bonds. The van der Waals surface area contributed by atoms with Crippen molar-refractivity contribution in [2.24, 2.45) is 0 Å². The molecule has 2 aromatic rings. The van der Waals surface area contributed by atoms with Crippen LogP contribution in [0.2, 0.25) is 0 Å². The lowest BCUT2D eigenvalue weighted by Gasteiger charge is -2.10. The highest BCUT2D eigenvalue weighted by Gasteiger charge is 2.04. The number of hydrogen-bond acceptors (Lipinski definition) is 3. The Balaban J connectivity index is 2.25. The summed E-state index contributed by atoms with van der Waals surface area (Å²) >= 11 is 0. The largest absolute Gasteiger partial charge is 0.313 e. The van der Waals surface area contributed by atoms with Gasteiger partial charge in [0.05, 0.1) is 6.20 Å².